The van der Waals surface area contributed by atoms with Crippen LogP contribution in [0.2, 0.25) is 0 Å². The molecule has 1 atom stereocenters. The second-order valence-electron chi connectivity index (χ2n) is 9.03. The molecule has 0 aliphatic carbocycles. The van der Waals surface area contributed by atoms with Crippen LogP contribution < -0.4 is 33.3 Å². The molecule has 16 heteroatoms. The maximum Gasteiger partial charge on any atom is 0.488 e. The summed E-state index contributed by atoms with van der Waals surface area (Å²) in [6, 6.07) is 7.38. The zero-order valence-electron chi connectivity index (χ0n) is 23.2. The molecule has 0 saturated heterocycles. The van der Waals surface area contributed by atoms with Crippen molar-refractivity contribution in [1.82, 2.24) is 10.2 Å². The molecule has 0 radical (unpaired) electrons. The number of hydrogen-bond acceptors (Lipinski definition) is 8. The average Bonchev–Trinajstić information content (AvgIpc) is 2.95. The molecule has 2 aromatic carbocycles. The molecule has 0 heterocycles. The largest absolute Gasteiger partial charge is 0.488 e. The summed E-state index contributed by atoms with van der Waals surface area (Å²) >= 11 is 0. The topological polar surface area (TPSA) is 197 Å². The molecule has 232 valence electrons. The van der Waals surface area contributed by atoms with Gasteiger partial charge in [0.2, 0.25) is 17.7 Å². The molecule has 0 aliphatic heterocycles. The van der Waals surface area contributed by atoms with Gasteiger partial charge in [-0.15, -0.1) is 0 Å². The predicted octanol–water partition coefficient (Wildman–Crippen LogP) is -0.318. The lowest BCUT2D eigenvalue weighted by Gasteiger charge is -2.22. The van der Waals surface area contributed by atoms with Crippen LogP contribution >= 0.6 is 0 Å². The third-order valence-corrected chi connectivity index (χ3v) is 5.83. The monoisotopic (exact) mass is 600 g/mol. The van der Waals surface area contributed by atoms with Crippen LogP contribution in [0.25, 0.3) is 0 Å². The molecule has 0 aliphatic rings. The van der Waals surface area contributed by atoms with Crippen LogP contribution in [-0.4, -0.2) is 78.6 Å². The molecule has 1 unspecified atom stereocenters. The van der Waals surface area contributed by atoms with Crippen molar-refractivity contribution in [2.75, 3.05) is 38.0 Å². The van der Waals surface area contributed by atoms with Gasteiger partial charge < -0.3 is 42.8 Å². The van der Waals surface area contributed by atoms with Crippen molar-refractivity contribution in [3.63, 3.8) is 0 Å². The summed E-state index contributed by atoms with van der Waals surface area (Å²) in [5, 5.41) is 22.7. The van der Waals surface area contributed by atoms with Gasteiger partial charge in [0.05, 0.1) is 23.8 Å². The van der Waals surface area contributed by atoms with Gasteiger partial charge in [-0.05, 0) is 48.1 Å². The SMILES string of the molecule is CCc1ccc(C(F)(F)F)cc1.NCCN(CCN)C(=O)CCC(N)C(=O)NCC(=O)Nc1cc(B(O)O)ccc1F. The van der Waals surface area contributed by atoms with E-state index in [2.05, 4.69) is 10.6 Å². The molecule has 3 amide bonds. The molecular weight excluding hydrogens is 563 g/mol. The van der Waals surface area contributed by atoms with E-state index in [1.54, 1.807) is 0 Å². The van der Waals surface area contributed by atoms with E-state index in [4.69, 9.17) is 27.2 Å². The summed E-state index contributed by atoms with van der Waals surface area (Å²) in [6.07, 6.45) is -3.38. The van der Waals surface area contributed by atoms with Gasteiger partial charge in [-0.3, -0.25) is 14.4 Å². The van der Waals surface area contributed by atoms with Crippen LogP contribution in [0.5, 0.6) is 0 Å². The van der Waals surface area contributed by atoms with Crippen LogP contribution in [-0.2, 0) is 27.0 Å². The number of nitrogens with zero attached hydrogens (tertiary/aromatic N) is 1. The van der Waals surface area contributed by atoms with Gasteiger partial charge in [0.1, 0.15) is 5.82 Å². The molecule has 42 heavy (non-hydrogen) atoms. The number of carbonyl (C=O) groups excluding carboxylic acids is 3. The zero-order valence-corrected chi connectivity index (χ0v) is 23.2. The maximum absolute atomic E-state index is 13.7. The average molecular weight is 600 g/mol. The van der Waals surface area contributed by atoms with Crippen molar-refractivity contribution >= 4 is 36.0 Å². The summed E-state index contributed by atoms with van der Waals surface area (Å²) in [5.41, 5.74) is 16.7. The smallest absolute Gasteiger partial charge is 0.423 e. The Hall–Kier alpha value is -3.57. The van der Waals surface area contributed by atoms with Crippen molar-refractivity contribution < 1.29 is 42.0 Å². The van der Waals surface area contributed by atoms with Gasteiger partial charge in [0.15, 0.2) is 0 Å². The molecule has 0 bridgehead atoms. The molecule has 10 N–H and O–H groups in total. The molecule has 0 spiro atoms. The number of amides is 3. The highest BCUT2D eigenvalue weighted by Gasteiger charge is 2.29. The van der Waals surface area contributed by atoms with Gasteiger partial charge in [0, 0.05) is 32.6 Å². The Morgan fingerprint density at radius 2 is 1.62 bits per heavy atom. The van der Waals surface area contributed by atoms with E-state index in [-0.39, 0.29) is 43.0 Å². The Balaban J connectivity index is 0.000000609. The molecule has 0 fully saturated rings. The number of alkyl halides is 3. The summed E-state index contributed by atoms with van der Waals surface area (Å²) in [4.78, 5) is 37.6. The van der Waals surface area contributed by atoms with E-state index in [9.17, 15) is 31.9 Å². The van der Waals surface area contributed by atoms with Crippen LogP contribution in [0, 0.1) is 5.82 Å². The number of benzene rings is 2. The number of nitrogens with two attached hydrogens (primary N) is 3. The Kier molecular flexibility index (Phi) is 15.7. The van der Waals surface area contributed by atoms with Gasteiger partial charge in [-0.2, -0.15) is 13.2 Å². The summed E-state index contributed by atoms with van der Waals surface area (Å²) in [5.74, 6) is -2.41. The first-order chi connectivity index (χ1) is 19.7. The zero-order chi connectivity index (χ0) is 31.9. The second-order valence-corrected chi connectivity index (χ2v) is 9.03. The lowest BCUT2D eigenvalue weighted by atomic mass is 9.80. The molecule has 2 rings (SSSR count). The van der Waals surface area contributed by atoms with Crippen molar-refractivity contribution in [3.8, 4) is 0 Å². The maximum atomic E-state index is 13.7. The Morgan fingerprint density at radius 3 is 2.12 bits per heavy atom. The number of rotatable bonds is 13. The quantitative estimate of drug-likeness (QED) is 0.120. The highest BCUT2D eigenvalue weighted by Crippen LogP contribution is 2.29. The first-order valence-corrected chi connectivity index (χ1v) is 13.1. The molecule has 11 nitrogen and oxygen atoms in total. The van der Waals surface area contributed by atoms with Crippen molar-refractivity contribution in [1.29, 1.82) is 0 Å². The lowest BCUT2D eigenvalue weighted by molar-refractivity contribution is -0.137. The number of carbonyl (C=O) groups is 3. The minimum absolute atomic E-state index is 0.0132. The highest BCUT2D eigenvalue weighted by atomic mass is 19.4. The Bertz CT molecular complexity index is 1150. The first-order valence-electron chi connectivity index (χ1n) is 13.1. The van der Waals surface area contributed by atoms with Gasteiger partial charge in [0.25, 0.3) is 0 Å². The second kappa shape index (κ2) is 18.1. The Morgan fingerprint density at radius 1 is 1.02 bits per heavy atom. The number of halogens is 4. The van der Waals surface area contributed by atoms with E-state index in [1.165, 1.54) is 17.0 Å². The van der Waals surface area contributed by atoms with Crippen molar-refractivity contribution in [2.45, 2.75) is 38.4 Å². The summed E-state index contributed by atoms with van der Waals surface area (Å²) in [6.45, 7) is 2.69. The number of aryl methyl sites for hydroxylation is 1. The standard InChI is InChI=1S/C17H28BFN6O5.C9H9F3/c19-12-2-1-11(18(29)30)9-14(12)24-15(26)10-23-17(28)13(22)3-4-16(27)25(7-5-20)8-6-21;1-2-7-3-5-8(6-4-7)9(10,11)12/h1-2,9,13,29-30H,3-8,10,20-22H2,(H,23,28)(H,24,26);3-6H,2H2,1H3. The van der Waals surface area contributed by atoms with Gasteiger partial charge >= 0.3 is 13.3 Å². The van der Waals surface area contributed by atoms with Crippen LogP contribution in [0.3, 0.4) is 0 Å². The molecule has 2 aromatic rings. The third kappa shape index (κ3) is 13.0. The fourth-order valence-electron chi connectivity index (χ4n) is 3.46. The van der Waals surface area contributed by atoms with Gasteiger partial charge in [-0.25, -0.2) is 4.39 Å². The fourth-order valence-corrected chi connectivity index (χ4v) is 3.46. The first kappa shape index (κ1) is 36.5. The van der Waals surface area contributed by atoms with Crippen LogP contribution in [0.4, 0.5) is 23.2 Å². The minimum atomic E-state index is -4.22. The lowest BCUT2D eigenvalue weighted by Crippen LogP contribution is -2.45. The van der Waals surface area contributed by atoms with Crippen LogP contribution in [0.1, 0.15) is 30.9 Å². The highest BCUT2D eigenvalue weighted by molar-refractivity contribution is 6.58. The molecule has 0 saturated carbocycles. The minimum Gasteiger partial charge on any atom is -0.423 e. The Labute approximate surface area is 241 Å². The predicted molar refractivity (Wildman–Crippen MR) is 151 cm³/mol. The number of anilines is 1. The number of nitrogens with one attached hydrogen (secondary N) is 2. The van der Waals surface area contributed by atoms with Crippen LogP contribution in [0.15, 0.2) is 42.5 Å². The normalized spacial score (nSPS) is 11.6. The van der Waals surface area contributed by atoms with Gasteiger partial charge in [-0.1, -0.05) is 25.1 Å². The molecule has 0 aromatic heterocycles. The van der Waals surface area contributed by atoms with E-state index >= 15 is 0 Å². The third-order valence-electron chi connectivity index (χ3n) is 5.83. The van der Waals surface area contributed by atoms with E-state index in [0.29, 0.717) is 13.1 Å². The van der Waals surface area contributed by atoms with Crippen molar-refractivity contribution in [3.05, 3.63) is 59.4 Å². The number of hydrogen-bond donors (Lipinski definition) is 7. The van der Waals surface area contributed by atoms with E-state index in [1.807, 2.05) is 6.92 Å². The summed E-state index contributed by atoms with van der Waals surface area (Å²) in [7, 11) is -1.83. The van der Waals surface area contributed by atoms with E-state index < -0.39 is 49.1 Å². The van der Waals surface area contributed by atoms with Crippen molar-refractivity contribution in [2.24, 2.45) is 17.2 Å². The fraction of sp³-hybridized carbons (Fsp3) is 0.423. The molecular formula is C26H37BF4N6O5. The van der Waals surface area contributed by atoms with E-state index in [0.717, 1.165) is 42.3 Å². The summed E-state index contributed by atoms with van der Waals surface area (Å²) < 4.78 is 49.8.